The molecule has 1 fully saturated rings. The van der Waals surface area contributed by atoms with E-state index in [1.807, 2.05) is 31.2 Å². The Balaban J connectivity index is 1.79. The number of hydrogen-bond acceptors (Lipinski definition) is 4. The Morgan fingerprint density at radius 3 is 2.71 bits per heavy atom. The van der Waals surface area contributed by atoms with Gasteiger partial charge in [0.05, 0.1) is 6.04 Å². The highest BCUT2D eigenvalue weighted by atomic mass is 32.2. The first kappa shape index (κ1) is 17.1. The van der Waals surface area contributed by atoms with Crippen LogP contribution in [0.1, 0.15) is 42.9 Å². The standard InChI is InChI=1S/C17H23N3O3S/c1-3-15-6-7-17(23-15)16-5-4-12-20(16)24(21,22)19(2)13-14-8-10-18-11-9-14/h6-11,16H,3-5,12-13H2,1-2H3/t16-/m1/s1. The van der Waals surface area contributed by atoms with Crippen molar-refractivity contribution in [2.24, 2.45) is 0 Å². The number of rotatable bonds is 6. The van der Waals surface area contributed by atoms with Crippen molar-refractivity contribution in [2.45, 2.75) is 38.8 Å². The molecule has 7 heteroatoms. The molecule has 2 aromatic heterocycles. The SMILES string of the molecule is CCc1ccc([C@H]2CCCN2S(=O)(=O)N(C)Cc2ccncc2)o1. The third-order valence-electron chi connectivity index (χ3n) is 4.41. The molecular weight excluding hydrogens is 326 g/mol. The zero-order valence-corrected chi connectivity index (χ0v) is 14.9. The van der Waals surface area contributed by atoms with Crippen molar-refractivity contribution in [3.05, 3.63) is 53.7 Å². The van der Waals surface area contributed by atoms with Gasteiger partial charge in [0.25, 0.3) is 10.2 Å². The Labute approximate surface area is 143 Å². The van der Waals surface area contributed by atoms with Crippen LogP contribution in [0.3, 0.4) is 0 Å². The first-order chi connectivity index (χ1) is 11.5. The van der Waals surface area contributed by atoms with E-state index in [1.165, 1.54) is 4.31 Å². The smallest absolute Gasteiger partial charge is 0.282 e. The van der Waals surface area contributed by atoms with Gasteiger partial charge in [0.15, 0.2) is 0 Å². The maximum atomic E-state index is 13.0. The molecule has 1 aliphatic heterocycles. The van der Waals surface area contributed by atoms with Crippen molar-refractivity contribution in [3.8, 4) is 0 Å². The molecule has 1 saturated heterocycles. The minimum Gasteiger partial charge on any atom is -0.464 e. The van der Waals surface area contributed by atoms with Gasteiger partial charge in [0, 0.05) is 39.0 Å². The fourth-order valence-corrected chi connectivity index (χ4v) is 4.63. The molecule has 1 aliphatic rings. The third-order valence-corrected chi connectivity index (χ3v) is 6.35. The van der Waals surface area contributed by atoms with Crippen molar-refractivity contribution in [1.29, 1.82) is 0 Å². The maximum absolute atomic E-state index is 13.0. The number of aryl methyl sites for hydroxylation is 1. The second kappa shape index (κ2) is 7.04. The molecule has 0 radical (unpaired) electrons. The van der Waals surface area contributed by atoms with E-state index in [-0.39, 0.29) is 6.04 Å². The lowest BCUT2D eigenvalue weighted by Gasteiger charge is -2.28. The average Bonchev–Trinajstić information content (AvgIpc) is 3.24. The summed E-state index contributed by atoms with van der Waals surface area (Å²) in [6, 6.07) is 7.27. The van der Waals surface area contributed by atoms with Crippen LogP contribution in [-0.2, 0) is 23.2 Å². The van der Waals surface area contributed by atoms with Crippen LogP contribution in [0, 0.1) is 0 Å². The monoisotopic (exact) mass is 349 g/mol. The number of hydrogen-bond donors (Lipinski definition) is 0. The molecule has 0 spiro atoms. The first-order valence-electron chi connectivity index (χ1n) is 8.23. The summed E-state index contributed by atoms with van der Waals surface area (Å²) in [5, 5.41) is 0. The predicted molar refractivity (Wildman–Crippen MR) is 91.4 cm³/mol. The third kappa shape index (κ3) is 3.38. The van der Waals surface area contributed by atoms with Crippen LogP contribution in [0.4, 0.5) is 0 Å². The molecule has 24 heavy (non-hydrogen) atoms. The fourth-order valence-electron chi connectivity index (χ4n) is 3.07. The van der Waals surface area contributed by atoms with Crippen molar-refractivity contribution in [1.82, 2.24) is 13.6 Å². The summed E-state index contributed by atoms with van der Waals surface area (Å²) in [6.07, 6.45) is 5.78. The molecule has 0 N–H and O–H groups in total. The number of pyridine rings is 1. The van der Waals surface area contributed by atoms with Gasteiger partial charge in [-0.3, -0.25) is 4.98 Å². The molecule has 0 unspecified atom stereocenters. The van der Waals surface area contributed by atoms with Crippen LogP contribution in [0.25, 0.3) is 0 Å². The largest absolute Gasteiger partial charge is 0.464 e. The van der Waals surface area contributed by atoms with Gasteiger partial charge in [-0.2, -0.15) is 17.0 Å². The lowest BCUT2D eigenvalue weighted by Crippen LogP contribution is -2.41. The van der Waals surface area contributed by atoms with E-state index in [9.17, 15) is 8.42 Å². The zero-order chi connectivity index (χ0) is 17.2. The van der Waals surface area contributed by atoms with Crippen LogP contribution in [0.5, 0.6) is 0 Å². The first-order valence-corrected chi connectivity index (χ1v) is 9.62. The molecule has 1 atom stereocenters. The van der Waals surface area contributed by atoms with E-state index < -0.39 is 10.2 Å². The number of nitrogens with zero attached hydrogens (tertiary/aromatic N) is 3. The lowest BCUT2D eigenvalue weighted by molar-refractivity contribution is 0.306. The molecule has 0 amide bonds. The van der Waals surface area contributed by atoms with E-state index >= 15 is 0 Å². The minimum absolute atomic E-state index is 0.213. The topological polar surface area (TPSA) is 66.7 Å². The summed E-state index contributed by atoms with van der Waals surface area (Å²) in [4.78, 5) is 3.96. The Morgan fingerprint density at radius 1 is 1.29 bits per heavy atom. The van der Waals surface area contributed by atoms with Gasteiger partial charge < -0.3 is 4.42 Å². The normalized spacial score (nSPS) is 19.2. The van der Waals surface area contributed by atoms with E-state index in [2.05, 4.69) is 4.98 Å². The van der Waals surface area contributed by atoms with E-state index in [0.717, 1.165) is 36.3 Å². The average molecular weight is 349 g/mol. The van der Waals surface area contributed by atoms with Gasteiger partial charge in [0.1, 0.15) is 11.5 Å². The summed E-state index contributed by atoms with van der Waals surface area (Å²) < 4.78 is 34.7. The second-order valence-corrected chi connectivity index (χ2v) is 8.03. The van der Waals surface area contributed by atoms with Gasteiger partial charge in [-0.1, -0.05) is 6.92 Å². The van der Waals surface area contributed by atoms with Crippen LogP contribution in [0.2, 0.25) is 0 Å². The highest BCUT2D eigenvalue weighted by Gasteiger charge is 2.39. The van der Waals surface area contributed by atoms with Gasteiger partial charge in [-0.15, -0.1) is 0 Å². The lowest BCUT2D eigenvalue weighted by atomic mass is 10.2. The molecule has 0 bridgehead atoms. The number of furan rings is 1. The fraction of sp³-hybridized carbons (Fsp3) is 0.471. The van der Waals surface area contributed by atoms with Crippen molar-refractivity contribution in [2.75, 3.05) is 13.6 Å². The molecule has 2 aromatic rings. The summed E-state index contributed by atoms with van der Waals surface area (Å²) in [5.74, 6) is 1.63. The van der Waals surface area contributed by atoms with Crippen molar-refractivity contribution < 1.29 is 12.8 Å². The molecule has 0 aromatic carbocycles. The van der Waals surface area contributed by atoms with Gasteiger partial charge in [-0.05, 0) is 42.7 Å². The minimum atomic E-state index is -3.55. The molecule has 3 rings (SSSR count). The Kier molecular flexibility index (Phi) is 5.03. The predicted octanol–water partition coefficient (Wildman–Crippen LogP) is 2.75. The second-order valence-electron chi connectivity index (χ2n) is 6.05. The molecule has 3 heterocycles. The van der Waals surface area contributed by atoms with Gasteiger partial charge in [0.2, 0.25) is 0 Å². The summed E-state index contributed by atoms with van der Waals surface area (Å²) >= 11 is 0. The molecule has 0 saturated carbocycles. The maximum Gasteiger partial charge on any atom is 0.282 e. The molecule has 0 aliphatic carbocycles. The van der Waals surface area contributed by atoms with E-state index in [4.69, 9.17) is 4.42 Å². The summed E-state index contributed by atoms with van der Waals surface area (Å²) in [6.45, 7) is 2.87. The van der Waals surface area contributed by atoms with Crippen LogP contribution >= 0.6 is 0 Å². The molecule has 6 nitrogen and oxygen atoms in total. The molecule has 130 valence electrons. The highest BCUT2D eigenvalue weighted by Crippen LogP contribution is 2.36. The van der Waals surface area contributed by atoms with E-state index in [0.29, 0.717) is 13.1 Å². The Hall–Kier alpha value is -1.70. The van der Waals surface area contributed by atoms with Crippen LogP contribution in [0.15, 0.2) is 41.1 Å². The van der Waals surface area contributed by atoms with Gasteiger partial charge in [-0.25, -0.2) is 0 Å². The Morgan fingerprint density at radius 2 is 2.04 bits per heavy atom. The quantitative estimate of drug-likeness (QED) is 0.804. The number of aromatic nitrogens is 1. The van der Waals surface area contributed by atoms with Crippen molar-refractivity contribution in [3.63, 3.8) is 0 Å². The van der Waals surface area contributed by atoms with Crippen molar-refractivity contribution >= 4 is 10.2 Å². The van der Waals surface area contributed by atoms with Crippen LogP contribution in [-0.4, -0.2) is 35.6 Å². The van der Waals surface area contributed by atoms with Crippen LogP contribution < -0.4 is 0 Å². The van der Waals surface area contributed by atoms with Gasteiger partial charge >= 0.3 is 0 Å². The van der Waals surface area contributed by atoms with E-state index in [1.54, 1.807) is 23.7 Å². The zero-order valence-electron chi connectivity index (χ0n) is 14.1. The molecular formula is C17H23N3O3S. The Bertz CT molecular complexity index is 773. The summed E-state index contributed by atoms with van der Waals surface area (Å²) in [7, 11) is -1.93. The highest BCUT2D eigenvalue weighted by molar-refractivity contribution is 7.86. The summed E-state index contributed by atoms with van der Waals surface area (Å²) in [5.41, 5.74) is 0.915.